The van der Waals surface area contributed by atoms with Gasteiger partial charge in [-0.25, -0.2) is 0 Å². The van der Waals surface area contributed by atoms with E-state index in [0.29, 0.717) is 13.0 Å². The smallest absolute Gasteiger partial charge is 0.222 e. The molecular weight excluding hydrogens is 276 g/mol. The lowest BCUT2D eigenvalue weighted by molar-refractivity contribution is -0.124. The predicted octanol–water partition coefficient (Wildman–Crippen LogP) is 2.18. The summed E-state index contributed by atoms with van der Waals surface area (Å²) < 4.78 is 5.55. The number of carbonyl (C=O) groups is 1. The van der Waals surface area contributed by atoms with Gasteiger partial charge in [-0.15, -0.1) is 12.4 Å². The summed E-state index contributed by atoms with van der Waals surface area (Å²) in [5.74, 6) is 0.0262. The van der Waals surface area contributed by atoms with Gasteiger partial charge in [-0.3, -0.25) is 4.79 Å². The first-order chi connectivity index (χ1) is 9.25. The van der Waals surface area contributed by atoms with Gasteiger partial charge in [0, 0.05) is 19.2 Å². The van der Waals surface area contributed by atoms with Crippen molar-refractivity contribution in [3.63, 3.8) is 0 Å². The molecule has 2 unspecified atom stereocenters. The first kappa shape index (κ1) is 17.0. The Labute approximate surface area is 126 Å². The van der Waals surface area contributed by atoms with Gasteiger partial charge in [-0.1, -0.05) is 30.3 Å². The number of nitrogens with two attached hydrogens (primary N) is 1. The highest BCUT2D eigenvalue weighted by Crippen LogP contribution is 2.15. The molecule has 3 N–H and O–H groups in total. The second-order valence-corrected chi connectivity index (χ2v) is 5.01. The minimum Gasteiger partial charge on any atom is -0.378 e. The Bertz CT molecular complexity index is 394. The van der Waals surface area contributed by atoms with E-state index >= 15 is 0 Å². The molecule has 1 amide bonds. The second kappa shape index (κ2) is 8.95. The number of benzene rings is 1. The highest BCUT2D eigenvalue weighted by molar-refractivity contribution is 5.85. The Morgan fingerprint density at radius 2 is 2.10 bits per heavy atom. The number of rotatable bonds is 5. The van der Waals surface area contributed by atoms with Gasteiger partial charge >= 0.3 is 0 Å². The van der Waals surface area contributed by atoms with Gasteiger partial charge in [0.1, 0.15) is 0 Å². The third-order valence-corrected chi connectivity index (χ3v) is 3.43. The SMILES string of the molecule is Cl.NC(CNC(=O)CC1CCCCO1)c1ccccc1. The molecule has 0 aliphatic carbocycles. The lowest BCUT2D eigenvalue weighted by Crippen LogP contribution is -2.35. The maximum absolute atomic E-state index is 11.8. The Kier molecular flexibility index (Phi) is 7.59. The van der Waals surface area contributed by atoms with Crippen molar-refractivity contribution >= 4 is 18.3 Å². The lowest BCUT2D eigenvalue weighted by atomic mass is 10.1. The van der Waals surface area contributed by atoms with Gasteiger partial charge in [-0.2, -0.15) is 0 Å². The molecule has 1 aliphatic heterocycles. The van der Waals surface area contributed by atoms with E-state index in [4.69, 9.17) is 10.5 Å². The van der Waals surface area contributed by atoms with Crippen molar-refractivity contribution in [2.75, 3.05) is 13.2 Å². The van der Waals surface area contributed by atoms with Crippen LogP contribution in [0.1, 0.15) is 37.3 Å². The normalized spacial score (nSPS) is 19.8. The first-order valence-electron chi connectivity index (χ1n) is 6.94. The molecule has 1 aliphatic rings. The van der Waals surface area contributed by atoms with E-state index in [1.807, 2.05) is 30.3 Å². The Morgan fingerprint density at radius 3 is 2.75 bits per heavy atom. The third-order valence-electron chi connectivity index (χ3n) is 3.43. The van der Waals surface area contributed by atoms with E-state index in [-0.39, 0.29) is 30.5 Å². The van der Waals surface area contributed by atoms with Gasteiger partial charge in [0.2, 0.25) is 5.91 Å². The fourth-order valence-corrected chi connectivity index (χ4v) is 2.29. The van der Waals surface area contributed by atoms with Crippen LogP contribution in [0.4, 0.5) is 0 Å². The van der Waals surface area contributed by atoms with Crippen molar-refractivity contribution in [1.82, 2.24) is 5.32 Å². The number of halogens is 1. The number of amides is 1. The van der Waals surface area contributed by atoms with Gasteiger partial charge < -0.3 is 15.8 Å². The van der Waals surface area contributed by atoms with Crippen molar-refractivity contribution in [3.05, 3.63) is 35.9 Å². The molecule has 5 heteroatoms. The fraction of sp³-hybridized carbons (Fsp3) is 0.533. The summed E-state index contributed by atoms with van der Waals surface area (Å²) >= 11 is 0. The quantitative estimate of drug-likeness (QED) is 0.876. The predicted molar refractivity (Wildman–Crippen MR) is 81.8 cm³/mol. The lowest BCUT2D eigenvalue weighted by Gasteiger charge is -2.22. The fourth-order valence-electron chi connectivity index (χ4n) is 2.29. The molecule has 0 spiro atoms. The van der Waals surface area contributed by atoms with Gasteiger partial charge in [0.25, 0.3) is 0 Å². The number of carbonyl (C=O) groups excluding carboxylic acids is 1. The minimum absolute atomic E-state index is 0. The Hall–Kier alpha value is -1.10. The zero-order chi connectivity index (χ0) is 13.5. The van der Waals surface area contributed by atoms with Crippen molar-refractivity contribution in [3.8, 4) is 0 Å². The van der Waals surface area contributed by atoms with Crippen LogP contribution in [0.3, 0.4) is 0 Å². The van der Waals surface area contributed by atoms with E-state index in [2.05, 4.69) is 5.32 Å². The third kappa shape index (κ3) is 5.49. The number of nitrogens with one attached hydrogen (secondary N) is 1. The summed E-state index contributed by atoms with van der Waals surface area (Å²) in [6.45, 7) is 1.25. The standard InChI is InChI=1S/C15H22N2O2.ClH/c16-14(12-6-2-1-3-7-12)11-17-15(18)10-13-8-4-5-9-19-13;/h1-3,6-7,13-14H,4-5,8-11,16H2,(H,17,18);1H. The topological polar surface area (TPSA) is 64.3 Å². The molecule has 112 valence electrons. The van der Waals surface area contributed by atoms with E-state index < -0.39 is 0 Å². The van der Waals surface area contributed by atoms with E-state index in [9.17, 15) is 4.79 Å². The van der Waals surface area contributed by atoms with Crippen molar-refractivity contribution < 1.29 is 9.53 Å². The summed E-state index contributed by atoms with van der Waals surface area (Å²) in [6.07, 6.45) is 3.78. The molecule has 4 nitrogen and oxygen atoms in total. The molecule has 0 radical (unpaired) electrons. The highest BCUT2D eigenvalue weighted by Gasteiger charge is 2.17. The summed E-state index contributed by atoms with van der Waals surface area (Å²) in [4.78, 5) is 11.8. The Morgan fingerprint density at radius 1 is 1.35 bits per heavy atom. The van der Waals surface area contributed by atoms with Crippen LogP contribution < -0.4 is 11.1 Å². The highest BCUT2D eigenvalue weighted by atomic mass is 35.5. The average Bonchev–Trinajstić information content (AvgIpc) is 2.47. The molecule has 20 heavy (non-hydrogen) atoms. The van der Waals surface area contributed by atoms with Crippen molar-refractivity contribution in [2.45, 2.75) is 37.8 Å². The van der Waals surface area contributed by atoms with Gasteiger partial charge in [0.05, 0.1) is 12.5 Å². The molecule has 2 atom stereocenters. The molecule has 0 saturated carbocycles. The van der Waals surface area contributed by atoms with Crippen molar-refractivity contribution in [1.29, 1.82) is 0 Å². The van der Waals surface area contributed by atoms with E-state index in [1.54, 1.807) is 0 Å². The minimum atomic E-state index is -0.155. The van der Waals surface area contributed by atoms with Gasteiger partial charge in [-0.05, 0) is 24.8 Å². The molecule has 1 aromatic rings. The van der Waals surface area contributed by atoms with Crippen LogP contribution in [0.5, 0.6) is 0 Å². The monoisotopic (exact) mass is 298 g/mol. The second-order valence-electron chi connectivity index (χ2n) is 5.01. The maximum atomic E-state index is 11.8. The van der Waals surface area contributed by atoms with Crippen LogP contribution in [-0.2, 0) is 9.53 Å². The molecule has 1 heterocycles. The number of ether oxygens (including phenoxy) is 1. The number of hydrogen-bond acceptors (Lipinski definition) is 3. The largest absolute Gasteiger partial charge is 0.378 e. The first-order valence-corrected chi connectivity index (χ1v) is 6.94. The van der Waals surface area contributed by atoms with Gasteiger partial charge in [0.15, 0.2) is 0 Å². The summed E-state index contributed by atoms with van der Waals surface area (Å²) in [6, 6.07) is 9.65. The summed E-state index contributed by atoms with van der Waals surface area (Å²) in [7, 11) is 0. The zero-order valence-corrected chi connectivity index (χ0v) is 12.4. The van der Waals surface area contributed by atoms with Crippen LogP contribution in [0.15, 0.2) is 30.3 Å². The van der Waals surface area contributed by atoms with Crippen molar-refractivity contribution in [2.24, 2.45) is 5.73 Å². The maximum Gasteiger partial charge on any atom is 0.222 e. The zero-order valence-electron chi connectivity index (χ0n) is 11.6. The molecule has 1 aromatic carbocycles. The summed E-state index contributed by atoms with van der Waals surface area (Å²) in [5.41, 5.74) is 7.07. The van der Waals surface area contributed by atoms with Crippen LogP contribution in [0.2, 0.25) is 0 Å². The van der Waals surface area contributed by atoms with Crippen LogP contribution >= 0.6 is 12.4 Å². The van der Waals surface area contributed by atoms with E-state index in [1.165, 1.54) is 0 Å². The van der Waals surface area contributed by atoms with Crippen LogP contribution in [0.25, 0.3) is 0 Å². The van der Waals surface area contributed by atoms with Crippen LogP contribution in [0, 0.1) is 0 Å². The van der Waals surface area contributed by atoms with E-state index in [0.717, 1.165) is 31.4 Å². The Balaban J connectivity index is 0.00000200. The summed E-state index contributed by atoms with van der Waals surface area (Å²) in [5, 5.41) is 2.88. The average molecular weight is 299 g/mol. The van der Waals surface area contributed by atoms with Crippen LogP contribution in [-0.4, -0.2) is 25.2 Å². The molecular formula is C15H23ClN2O2. The molecule has 0 aromatic heterocycles. The number of hydrogen-bond donors (Lipinski definition) is 2. The molecule has 1 saturated heterocycles. The molecule has 2 rings (SSSR count). The molecule has 1 fully saturated rings. The molecule has 0 bridgehead atoms.